The second-order valence-electron chi connectivity index (χ2n) is 6.82. The fraction of sp³-hybridized carbons (Fsp3) is 0.227. The molecule has 0 aliphatic rings. The third-order valence-corrected chi connectivity index (χ3v) is 4.56. The molecule has 0 N–H and O–H groups in total. The molecule has 0 saturated carbocycles. The second kappa shape index (κ2) is 7.08. The van der Waals surface area contributed by atoms with E-state index in [0.717, 1.165) is 27.9 Å². The van der Waals surface area contributed by atoms with Gasteiger partial charge in [-0.1, -0.05) is 18.2 Å². The number of rotatable bonds is 4. The van der Waals surface area contributed by atoms with Gasteiger partial charge in [0, 0.05) is 51.0 Å². The van der Waals surface area contributed by atoms with Gasteiger partial charge < -0.3 is 14.2 Å². The van der Waals surface area contributed by atoms with E-state index in [2.05, 4.69) is 17.0 Å². The van der Waals surface area contributed by atoms with Gasteiger partial charge in [-0.25, -0.2) is 4.79 Å². The maximum atomic E-state index is 12.5. The van der Waals surface area contributed by atoms with Crippen molar-refractivity contribution < 1.29 is 4.42 Å². The number of fused-ring (bicyclic) bond motifs is 1. The lowest BCUT2D eigenvalue weighted by Crippen LogP contribution is -2.10. The van der Waals surface area contributed by atoms with Crippen molar-refractivity contribution in [2.75, 3.05) is 38.0 Å². The van der Waals surface area contributed by atoms with Crippen molar-refractivity contribution in [2.45, 2.75) is 6.92 Å². The fourth-order valence-corrected chi connectivity index (χ4v) is 2.89. The van der Waals surface area contributed by atoms with Crippen LogP contribution in [0.15, 0.2) is 51.7 Å². The van der Waals surface area contributed by atoms with Crippen LogP contribution in [0.3, 0.4) is 0 Å². The zero-order valence-electron chi connectivity index (χ0n) is 15.9. The highest BCUT2D eigenvalue weighted by molar-refractivity contribution is 5.87. The zero-order chi connectivity index (χ0) is 18.8. The highest BCUT2D eigenvalue weighted by Crippen LogP contribution is 2.25. The van der Waals surface area contributed by atoms with Crippen LogP contribution in [0.25, 0.3) is 23.1 Å². The molecule has 4 heteroatoms. The molecule has 0 aliphatic carbocycles. The van der Waals surface area contributed by atoms with E-state index in [0.29, 0.717) is 11.1 Å². The molecule has 3 aromatic rings. The van der Waals surface area contributed by atoms with Gasteiger partial charge in [-0.3, -0.25) is 0 Å². The smallest absolute Gasteiger partial charge is 0.343 e. The third-order valence-electron chi connectivity index (χ3n) is 4.56. The van der Waals surface area contributed by atoms with E-state index in [1.807, 2.05) is 82.5 Å². The summed E-state index contributed by atoms with van der Waals surface area (Å²) in [6, 6.07) is 14.1. The van der Waals surface area contributed by atoms with Gasteiger partial charge in [-0.05, 0) is 48.4 Å². The minimum absolute atomic E-state index is 0.313. The van der Waals surface area contributed by atoms with Crippen LogP contribution in [-0.4, -0.2) is 28.2 Å². The number of nitrogens with zero attached hydrogens (tertiary/aromatic N) is 2. The standard InChI is InChI=1S/C22H24N2O2/c1-15-19-13-11-18(24(4)5)14-21(19)26-22(25)20(15)12-8-16-6-9-17(10-7-16)23(2)3/h6-14H,1-5H3/b12-8+. The maximum absolute atomic E-state index is 12.5. The summed E-state index contributed by atoms with van der Waals surface area (Å²) in [5.41, 5.74) is 5.01. The van der Waals surface area contributed by atoms with Crippen LogP contribution in [0, 0.1) is 6.92 Å². The Kier molecular flexibility index (Phi) is 4.85. The van der Waals surface area contributed by atoms with Crippen molar-refractivity contribution in [1.29, 1.82) is 0 Å². The van der Waals surface area contributed by atoms with Gasteiger partial charge in [-0.2, -0.15) is 0 Å². The molecule has 0 unspecified atom stereocenters. The molecule has 134 valence electrons. The van der Waals surface area contributed by atoms with Crippen LogP contribution >= 0.6 is 0 Å². The first-order chi connectivity index (χ1) is 12.4. The number of anilines is 2. The van der Waals surface area contributed by atoms with E-state index in [1.54, 1.807) is 0 Å². The first-order valence-corrected chi connectivity index (χ1v) is 8.57. The predicted octanol–water partition coefficient (Wildman–Crippen LogP) is 4.40. The van der Waals surface area contributed by atoms with Crippen LogP contribution in [0.2, 0.25) is 0 Å². The van der Waals surface area contributed by atoms with E-state index in [9.17, 15) is 4.79 Å². The van der Waals surface area contributed by atoms with Gasteiger partial charge >= 0.3 is 5.63 Å². The Morgan fingerprint density at radius 3 is 2.08 bits per heavy atom. The molecule has 0 saturated heterocycles. The summed E-state index contributed by atoms with van der Waals surface area (Å²) in [5.74, 6) is 0. The molecule has 0 aliphatic heterocycles. The van der Waals surface area contributed by atoms with Gasteiger partial charge in [0.1, 0.15) is 5.58 Å². The molecule has 0 amide bonds. The Balaban J connectivity index is 1.99. The Morgan fingerprint density at radius 1 is 0.846 bits per heavy atom. The third kappa shape index (κ3) is 3.49. The van der Waals surface area contributed by atoms with Crippen molar-refractivity contribution >= 4 is 34.5 Å². The van der Waals surface area contributed by atoms with E-state index in [4.69, 9.17) is 4.42 Å². The van der Waals surface area contributed by atoms with Crippen LogP contribution in [-0.2, 0) is 0 Å². The van der Waals surface area contributed by atoms with Gasteiger partial charge in [0.25, 0.3) is 0 Å². The van der Waals surface area contributed by atoms with E-state index in [1.165, 1.54) is 0 Å². The summed E-state index contributed by atoms with van der Waals surface area (Å²) in [5, 5.41) is 0.956. The lowest BCUT2D eigenvalue weighted by atomic mass is 10.0. The lowest BCUT2D eigenvalue weighted by molar-refractivity contribution is 0.558. The Labute approximate surface area is 154 Å². The molecule has 0 atom stereocenters. The second-order valence-corrected chi connectivity index (χ2v) is 6.82. The molecule has 2 aromatic carbocycles. The quantitative estimate of drug-likeness (QED) is 0.655. The van der Waals surface area contributed by atoms with Gasteiger partial charge in [0.2, 0.25) is 0 Å². The van der Waals surface area contributed by atoms with Crippen LogP contribution in [0.1, 0.15) is 16.7 Å². The molecule has 1 heterocycles. The molecular formula is C22H24N2O2. The summed E-state index contributed by atoms with van der Waals surface area (Å²) in [6.45, 7) is 1.96. The summed E-state index contributed by atoms with van der Waals surface area (Å²) in [6.07, 6.45) is 3.78. The number of benzene rings is 2. The predicted molar refractivity (Wildman–Crippen MR) is 111 cm³/mol. The maximum Gasteiger partial charge on any atom is 0.343 e. The Morgan fingerprint density at radius 2 is 1.46 bits per heavy atom. The summed E-state index contributed by atoms with van der Waals surface area (Å²) < 4.78 is 5.56. The van der Waals surface area contributed by atoms with Crippen molar-refractivity contribution in [2.24, 2.45) is 0 Å². The van der Waals surface area contributed by atoms with E-state index < -0.39 is 0 Å². The average molecular weight is 348 g/mol. The lowest BCUT2D eigenvalue weighted by Gasteiger charge is -2.13. The molecule has 1 aromatic heterocycles. The molecule has 3 rings (SSSR count). The van der Waals surface area contributed by atoms with Gasteiger partial charge in [0.05, 0.1) is 5.56 Å². The largest absolute Gasteiger partial charge is 0.422 e. The number of hydrogen-bond acceptors (Lipinski definition) is 4. The molecule has 0 bridgehead atoms. The van der Waals surface area contributed by atoms with Crippen molar-refractivity contribution in [3.05, 3.63) is 69.6 Å². The Bertz CT molecular complexity index is 1010. The minimum Gasteiger partial charge on any atom is -0.422 e. The van der Waals surface area contributed by atoms with Gasteiger partial charge in [-0.15, -0.1) is 0 Å². The number of hydrogen-bond donors (Lipinski definition) is 0. The van der Waals surface area contributed by atoms with Crippen molar-refractivity contribution in [3.8, 4) is 0 Å². The number of aryl methyl sites for hydroxylation is 1. The molecule has 0 fully saturated rings. The van der Waals surface area contributed by atoms with Crippen LogP contribution < -0.4 is 15.4 Å². The molecular weight excluding hydrogens is 324 g/mol. The topological polar surface area (TPSA) is 36.7 Å². The molecule has 26 heavy (non-hydrogen) atoms. The SMILES string of the molecule is Cc1c(/C=C/c2ccc(N(C)C)cc2)c(=O)oc2cc(N(C)C)ccc12. The normalized spacial score (nSPS) is 11.3. The molecule has 0 radical (unpaired) electrons. The molecule has 0 spiro atoms. The Hall–Kier alpha value is -3.01. The van der Waals surface area contributed by atoms with Crippen molar-refractivity contribution in [1.82, 2.24) is 0 Å². The van der Waals surface area contributed by atoms with Gasteiger partial charge in [0.15, 0.2) is 0 Å². The highest BCUT2D eigenvalue weighted by atomic mass is 16.4. The zero-order valence-corrected chi connectivity index (χ0v) is 15.9. The molecule has 4 nitrogen and oxygen atoms in total. The minimum atomic E-state index is -0.313. The summed E-state index contributed by atoms with van der Waals surface area (Å²) in [7, 11) is 7.95. The summed E-state index contributed by atoms with van der Waals surface area (Å²) in [4.78, 5) is 16.5. The monoisotopic (exact) mass is 348 g/mol. The highest BCUT2D eigenvalue weighted by Gasteiger charge is 2.10. The van der Waals surface area contributed by atoms with Crippen molar-refractivity contribution in [3.63, 3.8) is 0 Å². The van der Waals surface area contributed by atoms with E-state index in [-0.39, 0.29) is 5.63 Å². The average Bonchev–Trinajstić information content (AvgIpc) is 2.61. The van der Waals surface area contributed by atoms with Crippen LogP contribution in [0.4, 0.5) is 11.4 Å². The summed E-state index contributed by atoms with van der Waals surface area (Å²) >= 11 is 0. The van der Waals surface area contributed by atoms with Crippen LogP contribution in [0.5, 0.6) is 0 Å². The first kappa shape index (κ1) is 17.8. The first-order valence-electron chi connectivity index (χ1n) is 8.57. The fourth-order valence-electron chi connectivity index (χ4n) is 2.89. The van der Waals surface area contributed by atoms with E-state index >= 15 is 0 Å².